The van der Waals surface area contributed by atoms with Gasteiger partial charge in [-0.1, -0.05) is 11.6 Å². The van der Waals surface area contributed by atoms with Crippen LogP contribution in [0.15, 0.2) is 22.7 Å². The minimum atomic E-state index is 0.112. The lowest BCUT2D eigenvalue weighted by Gasteiger charge is -2.34. The lowest BCUT2D eigenvalue weighted by Crippen LogP contribution is -2.45. The molecule has 1 aliphatic rings. The molecule has 4 heteroatoms. The van der Waals surface area contributed by atoms with Crippen LogP contribution in [0.2, 0.25) is 0 Å². The zero-order valence-corrected chi connectivity index (χ0v) is 13.1. The van der Waals surface area contributed by atoms with Gasteiger partial charge in [0.25, 0.3) is 5.91 Å². The van der Waals surface area contributed by atoms with Crippen LogP contribution in [0.3, 0.4) is 0 Å². The third-order valence-electron chi connectivity index (χ3n) is 3.84. The fourth-order valence-corrected chi connectivity index (χ4v) is 3.01. The number of carbonyl (C=O) groups excluding carboxylic acids is 1. The number of benzene rings is 1. The van der Waals surface area contributed by atoms with Crippen molar-refractivity contribution >= 4 is 21.8 Å². The first kappa shape index (κ1) is 14.5. The van der Waals surface area contributed by atoms with E-state index in [1.807, 2.05) is 36.9 Å². The predicted octanol–water partition coefficient (Wildman–Crippen LogP) is 2.96. The van der Waals surface area contributed by atoms with Crippen LogP contribution in [0.1, 0.15) is 35.7 Å². The molecular weight excluding hydrogens is 304 g/mol. The third-order valence-corrected chi connectivity index (χ3v) is 4.53. The second-order valence-corrected chi connectivity index (χ2v) is 6.35. The number of hydrogen-bond acceptors (Lipinski definition) is 2. The molecule has 0 radical (unpaired) electrons. The first-order chi connectivity index (χ1) is 8.99. The summed E-state index contributed by atoms with van der Waals surface area (Å²) < 4.78 is 0.867. The van der Waals surface area contributed by atoms with Crippen LogP contribution in [-0.4, -0.2) is 29.9 Å². The highest BCUT2D eigenvalue weighted by Gasteiger charge is 2.27. The summed E-state index contributed by atoms with van der Waals surface area (Å²) in [5, 5.41) is 0. The Morgan fingerprint density at radius 3 is 2.95 bits per heavy atom. The summed E-state index contributed by atoms with van der Waals surface area (Å²) in [6, 6.07) is 6.04. The second kappa shape index (κ2) is 6.06. The van der Waals surface area contributed by atoms with Gasteiger partial charge in [-0.3, -0.25) is 4.79 Å². The zero-order valence-electron chi connectivity index (χ0n) is 11.5. The Labute approximate surface area is 123 Å². The van der Waals surface area contributed by atoms with E-state index >= 15 is 0 Å². The number of rotatable bonds is 2. The topological polar surface area (TPSA) is 46.3 Å². The summed E-state index contributed by atoms with van der Waals surface area (Å²) in [5.74, 6) is 0.530. The van der Waals surface area contributed by atoms with Crippen LogP contribution in [-0.2, 0) is 0 Å². The highest BCUT2D eigenvalue weighted by molar-refractivity contribution is 9.10. The maximum Gasteiger partial charge on any atom is 0.255 e. The quantitative estimate of drug-likeness (QED) is 0.909. The molecule has 0 spiro atoms. The minimum absolute atomic E-state index is 0.112. The molecular formula is C15H21BrN2O. The third kappa shape index (κ3) is 3.37. The van der Waals surface area contributed by atoms with E-state index in [9.17, 15) is 4.79 Å². The molecule has 2 atom stereocenters. The molecule has 0 bridgehead atoms. The van der Waals surface area contributed by atoms with Crippen LogP contribution in [0, 0.1) is 12.8 Å². The molecule has 2 N–H and O–H groups in total. The Kier molecular flexibility index (Phi) is 4.63. The Balaban J connectivity index is 2.17. The standard InChI is InChI=1S/C15H21BrN2O/c1-10-5-6-14(16)13(8-10)15(19)18-7-3-4-12(9-18)11(2)17/h5-6,8,11-12H,3-4,7,9,17H2,1-2H3. The largest absolute Gasteiger partial charge is 0.338 e. The average molecular weight is 325 g/mol. The summed E-state index contributed by atoms with van der Waals surface area (Å²) in [6.07, 6.45) is 2.16. The molecule has 1 fully saturated rings. The van der Waals surface area contributed by atoms with E-state index in [1.54, 1.807) is 0 Å². The molecule has 0 aromatic heterocycles. The zero-order chi connectivity index (χ0) is 14.0. The lowest BCUT2D eigenvalue weighted by molar-refractivity contribution is 0.0660. The molecule has 1 saturated heterocycles. The molecule has 1 aliphatic heterocycles. The van der Waals surface area contributed by atoms with Gasteiger partial charge in [0, 0.05) is 23.6 Å². The molecule has 1 heterocycles. The lowest BCUT2D eigenvalue weighted by atomic mass is 9.92. The van der Waals surface area contributed by atoms with Crippen LogP contribution in [0.25, 0.3) is 0 Å². The van der Waals surface area contributed by atoms with E-state index in [4.69, 9.17) is 5.73 Å². The molecule has 104 valence electrons. The first-order valence-corrected chi connectivity index (χ1v) is 7.59. The Morgan fingerprint density at radius 1 is 1.53 bits per heavy atom. The van der Waals surface area contributed by atoms with Crippen LogP contribution in [0.4, 0.5) is 0 Å². The SMILES string of the molecule is Cc1ccc(Br)c(C(=O)N2CCCC(C(C)N)C2)c1. The number of aryl methyl sites for hydroxylation is 1. The number of likely N-dealkylation sites (tertiary alicyclic amines) is 1. The highest BCUT2D eigenvalue weighted by Crippen LogP contribution is 2.24. The maximum absolute atomic E-state index is 12.6. The average Bonchev–Trinajstić information content (AvgIpc) is 2.41. The van der Waals surface area contributed by atoms with Crippen molar-refractivity contribution in [3.63, 3.8) is 0 Å². The van der Waals surface area contributed by atoms with Crippen molar-refractivity contribution in [1.29, 1.82) is 0 Å². The Hall–Kier alpha value is -0.870. The highest BCUT2D eigenvalue weighted by atomic mass is 79.9. The Bertz CT molecular complexity index is 473. The van der Waals surface area contributed by atoms with Gasteiger partial charge in [-0.15, -0.1) is 0 Å². The van der Waals surface area contributed by atoms with Crippen LogP contribution < -0.4 is 5.73 Å². The van der Waals surface area contributed by atoms with Gasteiger partial charge in [0.1, 0.15) is 0 Å². The van der Waals surface area contributed by atoms with E-state index < -0.39 is 0 Å². The number of amides is 1. The van der Waals surface area contributed by atoms with Crippen molar-refractivity contribution < 1.29 is 4.79 Å². The maximum atomic E-state index is 12.6. The minimum Gasteiger partial charge on any atom is -0.338 e. The fourth-order valence-electron chi connectivity index (χ4n) is 2.60. The van der Waals surface area contributed by atoms with Crippen molar-refractivity contribution in [2.24, 2.45) is 11.7 Å². The number of nitrogens with zero attached hydrogens (tertiary/aromatic N) is 1. The summed E-state index contributed by atoms with van der Waals surface area (Å²) >= 11 is 3.47. The molecule has 3 nitrogen and oxygen atoms in total. The van der Waals surface area contributed by atoms with Gasteiger partial charge >= 0.3 is 0 Å². The monoisotopic (exact) mass is 324 g/mol. The van der Waals surface area contributed by atoms with Gasteiger partial charge in [0.2, 0.25) is 0 Å². The number of hydrogen-bond donors (Lipinski definition) is 1. The molecule has 19 heavy (non-hydrogen) atoms. The predicted molar refractivity (Wildman–Crippen MR) is 81.2 cm³/mol. The van der Waals surface area contributed by atoms with Gasteiger partial charge in [0.15, 0.2) is 0 Å². The normalized spacial score (nSPS) is 21.3. The number of halogens is 1. The van der Waals surface area contributed by atoms with E-state index in [-0.39, 0.29) is 11.9 Å². The van der Waals surface area contributed by atoms with Gasteiger partial charge in [-0.25, -0.2) is 0 Å². The van der Waals surface area contributed by atoms with E-state index in [1.165, 1.54) is 0 Å². The van der Waals surface area contributed by atoms with Crippen molar-refractivity contribution in [3.8, 4) is 0 Å². The number of carbonyl (C=O) groups is 1. The summed E-state index contributed by atoms with van der Waals surface area (Å²) in [5.41, 5.74) is 7.83. The van der Waals surface area contributed by atoms with Gasteiger partial charge in [-0.2, -0.15) is 0 Å². The first-order valence-electron chi connectivity index (χ1n) is 6.80. The van der Waals surface area contributed by atoms with E-state index in [0.29, 0.717) is 5.92 Å². The van der Waals surface area contributed by atoms with Crippen LogP contribution >= 0.6 is 15.9 Å². The fraction of sp³-hybridized carbons (Fsp3) is 0.533. The number of piperidine rings is 1. The van der Waals surface area contributed by atoms with Crippen molar-refractivity contribution in [2.45, 2.75) is 32.7 Å². The van der Waals surface area contributed by atoms with E-state index in [0.717, 1.165) is 41.5 Å². The molecule has 1 aromatic rings. The van der Waals surface area contributed by atoms with Crippen molar-refractivity contribution in [1.82, 2.24) is 4.90 Å². The van der Waals surface area contributed by atoms with E-state index in [2.05, 4.69) is 15.9 Å². The molecule has 0 aliphatic carbocycles. The van der Waals surface area contributed by atoms with Gasteiger partial charge in [-0.05, 0) is 60.7 Å². The summed E-state index contributed by atoms with van der Waals surface area (Å²) in [7, 11) is 0. The molecule has 2 rings (SSSR count). The van der Waals surface area contributed by atoms with Crippen molar-refractivity contribution in [2.75, 3.05) is 13.1 Å². The summed E-state index contributed by atoms with van der Waals surface area (Å²) in [6.45, 7) is 5.64. The molecule has 0 saturated carbocycles. The molecule has 1 aromatic carbocycles. The van der Waals surface area contributed by atoms with Crippen molar-refractivity contribution in [3.05, 3.63) is 33.8 Å². The number of nitrogens with two attached hydrogens (primary N) is 1. The van der Waals surface area contributed by atoms with Gasteiger partial charge < -0.3 is 10.6 Å². The molecule has 2 unspecified atom stereocenters. The molecule has 1 amide bonds. The smallest absolute Gasteiger partial charge is 0.255 e. The second-order valence-electron chi connectivity index (χ2n) is 5.50. The van der Waals surface area contributed by atoms with Crippen LogP contribution in [0.5, 0.6) is 0 Å². The Morgan fingerprint density at radius 2 is 2.26 bits per heavy atom. The summed E-state index contributed by atoms with van der Waals surface area (Å²) in [4.78, 5) is 14.5. The van der Waals surface area contributed by atoms with Gasteiger partial charge in [0.05, 0.1) is 5.56 Å².